The minimum absolute atomic E-state index is 0.369. The van der Waals surface area contributed by atoms with Crippen LogP contribution in [0, 0.1) is 3.57 Å². The van der Waals surface area contributed by atoms with E-state index in [-0.39, 0.29) is 6.42 Å². The van der Waals surface area contributed by atoms with Gasteiger partial charge in [-0.3, -0.25) is 9.59 Å². The van der Waals surface area contributed by atoms with Gasteiger partial charge in [-0.2, -0.15) is 0 Å². The van der Waals surface area contributed by atoms with Crippen LogP contribution < -0.4 is 5.32 Å². The highest BCUT2D eigenvalue weighted by Gasteiger charge is 2.19. The first kappa shape index (κ1) is 18.4. The van der Waals surface area contributed by atoms with Crippen molar-refractivity contribution < 1.29 is 23.9 Å². The molecule has 0 heterocycles. The summed E-state index contributed by atoms with van der Waals surface area (Å²) in [6.45, 7) is 5.20. The molecule has 1 rings (SSSR count). The van der Waals surface area contributed by atoms with Gasteiger partial charge in [-0.1, -0.05) is 0 Å². The fourth-order valence-electron chi connectivity index (χ4n) is 1.56. The number of hydrogen-bond acceptors (Lipinski definition) is 5. The number of amides is 1. The summed E-state index contributed by atoms with van der Waals surface area (Å²) in [6.07, 6.45) is -0.369. The lowest BCUT2D eigenvalue weighted by Gasteiger charge is -2.19. The van der Waals surface area contributed by atoms with Crippen LogP contribution in [0.4, 0.5) is 5.69 Å². The molecule has 0 fully saturated rings. The second kappa shape index (κ2) is 7.57. The van der Waals surface area contributed by atoms with Crippen LogP contribution in [-0.2, 0) is 19.1 Å². The molecular weight excluding hydrogens is 401 g/mol. The molecule has 1 N–H and O–H groups in total. The standard InChI is InChI=1S/C15H18INO5/c1-15(2,3)22-13(19)8-12(18)17-11-6-5-9(7-10(11)16)14(20)21-4/h5-7H,8H2,1-4H3,(H,17,18). The summed E-state index contributed by atoms with van der Waals surface area (Å²) in [4.78, 5) is 34.8. The maximum atomic E-state index is 11.8. The fourth-order valence-corrected chi connectivity index (χ4v) is 2.21. The van der Waals surface area contributed by atoms with Gasteiger partial charge in [0.1, 0.15) is 12.0 Å². The van der Waals surface area contributed by atoms with Crippen LogP contribution in [0.3, 0.4) is 0 Å². The molecule has 1 amide bonds. The van der Waals surface area contributed by atoms with Crippen molar-refractivity contribution in [2.24, 2.45) is 0 Å². The summed E-state index contributed by atoms with van der Waals surface area (Å²) < 4.78 is 10.4. The predicted molar refractivity (Wildman–Crippen MR) is 89.6 cm³/mol. The third-order valence-corrected chi connectivity index (χ3v) is 3.28. The smallest absolute Gasteiger partial charge is 0.337 e. The Morgan fingerprint density at radius 1 is 1.23 bits per heavy atom. The minimum Gasteiger partial charge on any atom is -0.465 e. The summed E-state index contributed by atoms with van der Waals surface area (Å²) in [5.41, 5.74) is 0.271. The van der Waals surface area contributed by atoms with Gasteiger partial charge in [-0.15, -0.1) is 0 Å². The molecule has 22 heavy (non-hydrogen) atoms. The molecule has 1 aromatic rings. The maximum Gasteiger partial charge on any atom is 0.337 e. The molecule has 0 saturated heterocycles. The summed E-state index contributed by atoms with van der Waals surface area (Å²) >= 11 is 1.99. The minimum atomic E-state index is -0.631. The van der Waals surface area contributed by atoms with E-state index < -0.39 is 23.4 Å². The van der Waals surface area contributed by atoms with Crippen molar-refractivity contribution in [3.63, 3.8) is 0 Å². The average molecular weight is 419 g/mol. The molecule has 0 bridgehead atoms. The fraction of sp³-hybridized carbons (Fsp3) is 0.400. The number of nitrogens with one attached hydrogen (secondary N) is 1. The van der Waals surface area contributed by atoms with Crippen LogP contribution in [0.2, 0.25) is 0 Å². The van der Waals surface area contributed by atoms with E-state index in [1.807, 2.05) is 22.6 Å². The van der Waals surface area contributed by atoms with E-state index in [2.05, 4.69) is 10.1 Å². The van der Waals surface area contributed by atoms with E-state index in [0.717, 1.165) is 0 Å². The van der Waals surface area contributed by atoms with Gasteiger partial charge in [-0.05, 0) is 61.6 Å². The largest absolute Gasteiger partial charge is 0.465 e. The Morgan fingerprint density at radius 2 is 1.86 bits per heavy atom. The highest BCUT2D eigenvalue weighted by molar-refractivity contribution is 14.1. The third kappa shape index (κ3) is 6.00. The lowest BCUT2D eigenvalue weighted by atomic mass is 10.2. The van der Waals surface area contributed by atoms with Crippen molar-refractivity contribution >= 4 is 46.1 Å². The van der Waals surface area contributed by atoms with Crippen LogP contribution in [0.1, 0.15) is 37.6 Å². The molecule has 0 saturated carbocycles. The third-order valence-electron chi connectivity index (χ3n) is 2.39. The highest BCUT2D eigenvalue weighted by Crippen LogP contribution is 2.20. The molecule has 0 radical (unpaired) electrons. The monoisotopic (exact) mass is 419 g/mol. The Hall–Kier alpha value is -1.64. The molecule has 0 aliphatic heterocycles. The Morgan fingerprint density at radius 3 is 2.36 bits per heavy atom. The van der Waals surface area contributed by atoms with Crippen molar-refractivity contribution in [1.82, 2.24) is 0 Å². The van der Waals surface area contributed by atoms with Crippen molar-refractivity contribution in [3.8, 4) is 0 Å². The normalized spacial score (nSPS) is 10.8. The summed E-state index contributed by atoms with van der Waals surface area (Å²) in [5, 5.41) is 2.61. The van der Waals surface area contributed by atoms with Crippen LogP contribution in [-0.4, -0.2) is 30.6 Å². The molecule has 0 atom stereocenters. The Balaban J connectivity index is 2.69. The van der Waals surface area contributed by atoms with E-state index in [1.54, 1.807) is 32.9 Å². The highest BCUT2D eigenvalue weighted by atomic mass is 127. The zero-order chi connectivity index (χ0) is 16.9. The molecule has 6 nitrogen and oxygen atoms in total. The number of anilines is 1. The van der Waals surface area contributed by atoms with Gasteiger partial charge >= 0.3 is 11.9 Å². The summed E-state index contributed by atoms with van der Waals surface area (Å²) in [5.74, 6) is -1.52. The molecule has 0 aliphatic rings. The van der Waals surface area contributed by atoms with Crippen LogP contribution in [0.5, 0.6) is 0 Å². The van der Waals surface area contributed by atoms with Gasteiger partial charge < -0.3 is 14.8 Å². The number of halogens is 1. The Labute approximate surface area is 142 Å². The molecule has 0 unspecified atom stereocenters. The maximum absolute atomic E-state index is 11.8. The number of benzene rings is 1. The van der Waals surface area contributed by atoms with Crippen molar-refractivity contribution in [2.75, 3.05) is 12.4 Å². The number of esters is 2. The van der Waals surface area contributed by atoms with E-state index in [1.165, 1.54) is 13.2 Å². The first-order chi connectivity index (χ1) is 10.1. The van der Waals surface area contributed by atoms with Gasteiger partial charge in [0, 0.05) is 3.57 Å². The Kier molecular flexibility index (Phi) is 6.34. The number of carbonyl (C=O) groups is 3. The van der Waals surface area contributed by atoms with Crippen LogP contribution >= 0.6 is 22.6 Å². The lowest BCUT2D eigenvalue weighted by Crippen LogP contribution is -2.27. The molecular formula is C15H18INO5. The molecule has 0 spiro atoms. The van der Waals surface area contributed by atoms with Crippen LogP contribution in [0.25, 0.3) is 0 Å². The summed E-state index contributed by atoms with van der Waals surface area (Å²) in [6, 6.07) is 4.72. The molecule has 0 aromatic heterocycles. The molecule has 1 aromatic carbocycles. The molecule has 7 heteroatoms. The Bertz CT molecular complexity index is 592. The topological polar surface area (TPSA) is 81.7 Å². The zero-order valence-electron chi connectivity index (χ0n) is 12.9. The number of methoxy groups -OCH3 is 1. The first-order valence-corrected chi connectivity index (χ1v) is 7.60. The molecule has 0 aliphatic carbocycles. The zero-order valence-corrected chi connectivity index (χ0v) is 15.0. The second-order valence-corrected chi connectivity index (χ2v) is 6.66. The van der Waals surface area contributed by atoms with Crippen molar-refractivity contribution in [2.45, 2.75) is 32.8 Å². The lowest BCUT2D eigenvalue weighted by molar-refractivity contribution is -0.155. The number of ether oxygens (including phenoxy) is 2. The van der Waals surface area contributed by atoms with Crippen molar-refractivity contribution in [1.29, 1.82) is 0 Å². The number of rotatable bonds is 4. The number of carbonyl (C=O) groups excluding carboxylic acids is 3. The average Bonchev–Trinajstić information content (AvgIpc) is 2.37. The van der Waals surface area contributed by atoms with Gasteiger partial charge in [0.05, 0.1) is 18.4 Å². The van der Waals surface area contributed by atoms with Gasteiger partial charge in [0.2, 0.25) is 5.91 Å². The summed E-state index contributed by atoms with van der Waals surface area (Å²) in [7, 11) is 1.30. The van der Waals surface area contributed by atoms with Gasteiger partial charge in [0.15, 0.2) is 0 Å². The second-order valence-electron chi connectivity index (χ2n) is 5.50. The van der Waals surface area contributed by atoms with Gasteiger partial charge in [-0.25, -0.2) is 4.79 Å². The quantitative estimate of drug-likeness (QED) is 0.461. The first-order valence-electron chi connectivity index (χ1n) is 6.52. The van der Waals surface area contributed by atoms with Crippen molar-refractivity contribution in [3.05, 3.63) is 27.3 Å². The van der Waals surface area contributed by atoms with E-state index in [4.69, 9.17) is 4.74 Å². The predicted octanol–water partition coefficient (Wildman–Crippen LogP) is 2.75. The van der Waals surface area contributed by atoms with Gasteiger partial charge in [0.25, 0.3) is 0 Å². The molecule has 120 valence electrons. The SMILES string of the molecule is COC(=O)c1ccc(NC(=O)CC(=O)OC(C)(C)C)c(I)c1. The van der Waals surface area contributed by atoms with E-state index in [0.29, 0.717) is 14.8 Å². The van der Waals surface area contributed by atoms with Crippen LogP contribution in [0.15, 0.2) is 18.2 Å². The number of hydrogen-bond donors (Lipinski definition) is 1. The van der Waals surface area contributed by atoms with E-state index >= 15 is 0 Å². The van der Waals surface area contributed by atoms with E-state index in [9.17, 15) is 14.4 Å².